The van der Waals surface area contributed by atoms with Gasteiger partial charge in [0, 0.05) is 58.8 Å². The number of likely N-dealkylation sites (N-methyl/N-ethyl adjacent to an activating group) is 1. The minimum absolute atomic E-state index is 0.459. The first-order valence-corrected chi connectivity index (χ1v) is 6.70. The van der Waals surface area contributed by atoms with Crippen molar-refractivity contribution in [3.63, 3.8) is 0 Å². The molecule has 19 heavy (non-hydrogen) atoms. The third-order valence-electron chi connectivity index (χ3n) is 3.83. The lowest BCUT2D eigenvalue weighted by molar-refractivity contribution is -0.0573. The number of rotatable bonds is 4. The Morgan fingerprint density at radius 3 is 2.68 bits per heavy atom. The number of aryl methyl sites for hydroxylation is 2. The second-order valence-electron chi connectivity index (χ2n) is 5.41. The van der Waals surface area contributed by atoms with Gasteiger partial charge >= 0.3 is 0 Å². The molecule has 0 aliphatic carbocycles. The van der Waals surface area contributed by atoms with Gasteiger partial charge in [-0.05, 0) is 6.92 Å². The largest absolute Gasteiger partial charge is 0.388 e. The van der Waals surface area contributed by atoms with Crippen molar-refractivity contribution in [2.45, 2.75) is 31.9 Å². The van der Waals surface area contributed by atoms with Crippen LogP contribution in [0.15, 0.2) is 0 Å². The number of nitrogens with two attached hydrogens (primary N) is 1. The van der Waals surface area contributed by atoms with Crippen LogP contribution in [0.5, 0.6) is 0 Å². The van der Waals surface area contributed by atoms with E-state index in [-0.39, 0.29) is 0 Å². The monoisotopic (exact) mass is 268 g/mol. The first-order valence-electron chi connectivity index (χ1n) is 6.70. The van der Waals surface area contributed by atoms with E-state index in [9.17, 15) is 5.11 Å². The molecule has 0 saturated carbocycles. The molecule has 2 heterocycles. The molecular weight excluding hydrogens is 244 g/mol. The van der Waals surface area contributed by atoms with Crippen LogP contribution in [0.4, 0.5) is 5.82 Å². The van der Waals surface area contributed by atoms with E-state index in [1.807, 2.05) is 30.6 Å². The van der Waals surface area contributed by atoms with E-state index in [0.29, 0.717) is 39.1 Å². The van der Waals surface area contributed by atoms with Crippen LogP contribution in [-0.2, 0) is 18.3 Å². The Balaban J connectivity index is 2.17. The summed E-state index contributed by atoms with van der Waals surface area (Å²) in [5, 5.41) is 15.0. The average molecular weight is 268 g/mol. The van der Waals surface area contributed by atoms with Crippen LogP contribution in [-0.4, -0.2) is 47.3 Å². The second kappa shape index (κ2) is 5.48. The molecule has 6 heteroatoms. The molecule has 1 aromatic rings. The minimum atomic E-state index is -0.683. The topological polar surface area (TPSA) is 76.5 Å². The minimum Gasteiger partial charge on any atom is -0.388 e. The van der Waals surface area contributed by atoms with Crippen molar-refractivity contribution in [3.8, 4) is 0 Å². The van der Waals surface area contributed by atoms with Crippen LogP contribution in [0.1, 0.15) is 24.1 Å². The highest BCUT2D eigenvalue weighted by Crippen LogP contribution is 2.27. The highest BCUT2D eigenvalue weighted by Gasteiger charge is 2.32. The summed E-state index contributed by atoms with van der Waals surface area (Å²) in [6, 6.07) is 0. The van der Waals surface area contributed by atoms with Gasteiger partial charge in [-0.2, -0.15) is 5.10 Å². The Morgan fingerprint density at radius 1 is 1.47 bits per heavy atom. The molecule has 0 aromatic carbocycles. The molecule has 1 aromatic heterocycles. The van der Waals surface area contributed by atoms with Crippen molar-refractivity contribution in [1.82, 2.24) is 9.78 Å². The molecule has 2 rings (SSSR count). The van der Waals surface area contributed by atoms with E-state index >= 15 is 0 Å². The quantitative estimate of drug-likeness (QED) is 0.814. The van der Waals surface area contributed by atoms with E-state index in [0.717, 1.165) is 17.1 Å². The predicted octanol–water partition coefficient (Wildman–Crippen LogP) is 0.165. The van der Waals surface area contributed by atoms with Crippen LogP contribution < -0.4 is 10.6 Å². The van der Waals surface area contributed by atoms with Gasteiger partial charge < -0.3 is 20.5 Å². The van der Waals surface area contributed by atoms with Gasteiger partial charge in [0.15, 0.2) is 0 Å². The van der Waals surface area contributed by atoms with E-state index in [4.69, 9.17) is 10.5 Å². The molecule has 0 radical (unpaired) electrons. The normalized spacial score (nSPS) is 18.6. The number of aliphatic hydroxyl groups is 1. The number of ether oxygens (including phenoxy) is 1. The summed E-state index contributed by atoms with van der Waals surface area (Å²) in [5.74, 6) is 0.986. The molecule has 6 nitrogen and oxygen atoms in total. The summed E-state index contributed by atoms with van der Waals surface area (Å²) in [6.07, 6.45) is 1.35. The van der Waals surface area contributed by atoms with Crippen LogP contribution >= 0.6 is 0 Å². The van der Waals surface area contributed by atoms with E-state index in [1.165, 1.54) is 0 Å². The fourth-order valence-electron chi connectivity index (χ4n) is 2.83. The molecule has 0 bridgehead atoms. The molecule has 0 spiro atoms. The molecule has 3 N–H and O–H groups in total. The summed E-state index contributed by atoms with van der Waals surface area (Å²) < 4.78 is 7.14. The van der Waals surface area contributed by atoms with E-state index < -0.39 is 5.60 Å². The maximum Gasteiger partial charge on any atom is 0.131 e. The molecular formula is C13H24N4O2. The maximum absolute atomic E-state index is 10.6. The molecule has 0 unspecified atom stereocenters. The Bertz CT molecular complexity index is 438. The lowest BCUT2D eigenvalue weighted by Gasteiger charge is -2.36. The summed E-state index contributed by atoms with van der Waals surface area (Å²) in [6.45, 7) is 4.24. The van der Waals surface area contributed by atoms with Gasteiger partial charge in [0.05, 0.1) is 11.3 Å². The zero-order valence-electron chi connectivity index (χ0n) is 12.0. The van der Waals surface area contributed by atoms with Gasteiger partial charge in [-0.3, -0.25) is 4.68 Å². The van der Waals surface area contributed by atoms with Gasteiger partial charge in [0.25, 0.3) is 0 Å². The summed E-state index contributed by atoms with van der Waals surface area (Å²) in [4.78, 5) is 2.05. The third kappa shape index (κ3) is 2.91. The first-order chi connectivity index (χ1) is 8.97. The number of aromatic nitrogens is 2. The van der Waals surface area contributed by atoms with Crippen molar-refractivity contribution in [2.75, 3.05) is 31.7 Å². The Labute approximate surface area is 114 Å². The molecule has 0 amide bonds. The smallest absolute Gasteiger partial charge is 0.131 e. The van der Waals surface area contributed by atoms with Crippen molar-refractivity contribution < 1.29 is 9.84 Å². The van der Waals surface area contributed by atoms with E-state index in [1.54, 1.807) is 0 Å². The number of hydrogen-bond donors (Lipinski definition) is 2. The van der Waals surface area contributed by atoms with Gasteiger partial charge in [-0.1, -0.05) is 0 Å². The molecule has 0 atom stereocenters. The lowest BCUT2D eigenvalue weighted by Crippen LogP contribution is -2.46. The molecule has 1 fully saturated rings. The van der Waals surface area contributed by atoms with Crippen LogP contribution in [0, 0.1) is 6.92 Å². The van der Waals surface area contributed by atoms with Crippen LogP contribution in [0.2, 0.25) is 0 Å². The number of hydrogen-bond acceptors (Lipinski definition) is 5. The SMILES string of the molecule is Cc1nn(C)c(N(C)CC2(O)CCOCC2)c1CN. The Morgan fingerprint density at radius 2 is 2.11 bits per heavy atom. The van der Waals surface area contributed by atoms with Crippen LogP contribution in [0.25, 0.3) is 0 Å². The molecule has 108 valence electrons. The Hall–Kier alpha value is -1.11. The fraction of sp³-hybridized carbons (Fsp3) is 0.769. The summed E-state index contributed by atoms with van der Waals surface area (Å²) in [7, 11) is 3.88. The van der Waals surface area contributed by atoms with Crippen molar-refractivity contribution >= 4 is 5.82 Å². The van der Waals surface area contributed by atoms with Gasteiger partial charge in [0.2, 0.25) is 0 Å². The molecule has 1 aliphatic rings. The highest BCUT2D eigenvalue weighted by molar-refractivity contribution is 5.49. The average Bonchev–Trinajstić information content (AvgIpc) is 2.63. The molecule has 1 saturated heterocycles. The fourth-order valence-corrected chi connectivity index (χ4v) is 2.83. The second-order valence-corrected chi connectivity index (χ2v) is 5.41. The predicted molar refractivity (Wildman–Crippen MR) is 74.1 cm³/mol. The van der Waals surface area contributed by atoms with Gasteiger partial charge in [0.1, 0.15) is 5.82 Å². The maximum atomic E-state index is 10.6. The van der Waals surface area contributed by atoms with Crippen LogP contribution in [0.3, 0.4) is 0 Å². The van der Waals surface area contributed by atoms with Crippen molar-refractivity contribution in [2.24, 2.45) is 12.8 Å². The lowest BCUT2D eigenvalue weighted by atomic mass is 9.94. The van der Waals surface area contributed by atoms with E-state index in [2.05, 4.69) is 5.10 Å². The van der Waals surface area contributed by atoms with Gasteiger partial charge in [-0.15, -0.1) is 0 Å². The van der Waals surface area contributed by atoms with Gasteiger partial charge in [-0.25, -0.2) is 0 Å². The third-order valence-corrected chi connectivity index (χ3v) is 3.83. The summed E-state index contributed by atoms with van der Waals surface area (Å²) >= 11 is 0. The Kier molecular flexibility index (Phi) is 4.13. The van der Waals surface area contributed by atoms with Crippen molar-refractivity contribution in [1.29, 1.82) is 0 Å². The zero-order chi connectivity index (χ0) is 14.0. The number of anilines is 1. The standard InChI is InChI=1S/C13H24N4O2/c1-10-11(8-14)12(17(3)15-10)16(2)9-13(18)4-6-19-7-5-13/h18H,4-9,14H2,1-3H3. The zero-order valence-corrected chi connectivity index (χ0v) is 12.0. The highest BCUT2D eigenvalue weighted by atomic mass is 16.5. The molecule has 1 aliphatic heterocycles. The first kappa shape index (κ1) is 14.3. The summed E-state index contributed by atoms with van der Waals surface area (Å²) in [5.41, 5.74) is 7.11. The van der Waals surface area contributed by atoms with Crippen molar-refractivity contribution in [3.05, 3.63) is 11.3 Å². The number of nitrogens with zero attached hydrogens (tertiary/aromatic N) is 3.